The Bertz CT molecular complexity index is 469. The van der Waals surface area contributed by atoms with E-state index < -0.39 is 6.04 Å². The Morgan fingerprint density at radius 1 is 1.40 bits per heavy atom. The number of rotatable bonds is 4. The molecule has 1 aromatic heterocycles. The average Bonchev–Trinajstić information content (AvgIpc) is 2.53. The molecular formula is C14H20N4O2. The Labute approximate surface area is 118 Å². The number of nitrogens with zero attached hydrogens (tertiary/aromatic N) is 2. The molecule has 1 saturated carbocycles. The molecule has 0 spiro atoms. The van der Waals surface area contributed by atoms with E-state index in [1.54, 1.807) is 24.4 Å². The van der Waals surface area contributed by atoms with E-state index in [0.29, 0.717) is 5.69 Å². The summed E-state index contributed by atoms with van der Waals surface area (Å²) in [7, 11) is 0. The molecule has 4 N–H and O–H groups in total. The van der Waals surface area contributed by atoms with Crippen LogP contribution in [-0.2, 0) is 0 Å². The standard InChI is InChI=1S/C14H20N4O2/c15-13(18-20)12(10-6-2-1-3-7-10)17-14(19)11-8-4-5-9-16-11/h4-5,8-10,12,20H,1-3,6-7H2,(H2,15,18)(H,17,19). The summed E-state index contributed by atoms with van der Waals surface area (Å²) in [4.78, 5) is 16.2. The van der Waals surface area contributed by atoms with Gasteiger partial charge in [-0.1, -0.05) is 30.5 Å². The molecule has 1 amide bonds. The molecule has 1 fully saturated rings. The van der Waals surface area contributed by atoms with Gasteiger partial charge < -0.3 is 16.3 Å². The maximum atomic E-state index is 12.2. The van der Waals surface area contributed by atoms with Gasteiger partial charge in [0.15, 0.2) is 5.84 Å². The van der Waals surface area contributed by atoms with Crippen LogP contribution in [0.1, 0.15) is 42.6 Å². The number of carbonyl (C=O) groups excluding carboxylic acids is 1. The van der Waals surface area contributed by atoms with Crippen molar-refractivity contribution in [3.05, 3.63) is 30.1 Å². The molecule has 20 heavy (non-hydrogen) atoms. The number of nitrogens with one attached hydrogen (secondary N) is 1. The van der Waals surface area contributed by atoms with Gasteiger partial charge >= 0.3 is 0 Å². The molecule has 1 atom stereocenters. The van der Waals surface area contributed by atoms with Crippen molar-refractivity contribution in [3.63, 3.8) is 0 Å². The van der Waals surface area contributed by atoms with Gasteiger partial charge in [0.1, 0.15) is 5.69 Å². The molecule has 1 unspecified atom stereocenters. The van der Waals surface area contributed by atoms with Crippen molar-refractivity contribution in [1.29, 1.82) is 0 Å². The summed E-state index contributed by atoms with van der Waals surface area (Å²) in [5.74, 6) is -0.0266. The molecule has 6 nitrogen and oxygen atoms in total. The minimum atomic E-state index is -0.435. The summed E-state index contributed by atoms with van der Waals surface area (Å²) in [6, 6.07) is 4.70. The second-order valence-corrected chi connectivity index (χ2v) is 5.09. The number of hydrogen-bond acceptors (Lipinski definition) is 4. The monoisotopic (exact) mass is 276 g/mol. The van der Waals surface area contributed by atoms with E-state index in [4.69, 9.17) is 10.9 Å². The third-order valence-corrected chi connectivity index (χ3v) is 3.74. The van der Waals surface area contributed by atoms with Crippen LogP contribution in [0.25, 0.3) is 0 Å². The van der Waals surface area contributed by atoms with Crippen molar-refractivity contribution in [1.82, 2.24) is 10.3 Å². The highest BCUT2D eigenvalue weighted by Crippen LogP contribution is 2.26. The van der Waals surface area contributed by atoms with Gasteiger partial charge in [-0.25, -0.2) is 0 Å². The molecule has 1 heterocycles. The molecule has 1 aliphatic carbocycles. The van der Waals surface area contributed by atoms with Gasteiger partial charge in [0.05, 0.1) is 6.04 Å². The van der Waals surface area contributed by atoms with E-state index >= 15 is 0 Å². The zero-order valence-corrected chi connectivity index (χ0v) is 11.3. The van der Waals surface area contributed by atoms with Crippen LogP contribution in [0.3, 0.4) is 0 Å². The summed E-state index contributed by atoms with van der Waals surface area (Å²) in [5, 5.41) is 14.8. The highest BCUT2D eigenvalue weighted by Gasteiger charge is 2.29. The van der Waals surface area contributed by atoms with E-state index in [-0.39, 0.29) is 17.7 Å². The molecule has 0 radical (unpaired) electrons. The van der Waals surface area contributed by atoms with Crippen LogP contribution in [0, 0.1) is 5.92 Å². The van der Waals surface area contributed by atoms with Crippen LogP contribution in [0.5, 0.6) is 0 Å². The summed E-state index contributed by atoms with van der Waals surface area (Å²) < 4.78 is 0. The number of hydrogen-bond donors (Lipinski definition) is 3. The molecule has 108 valence electrons. The lowest BCUT2D eigenvalue weighted by molar-refractivity contribution is 0.0925. The highest BCUT2D eigenvalue weighted by molar-refractivity contribution is 5.97. The fourth-order valence-corrected chi connectivity index (χ4v) is 2.68. The zero-order valence-electron chi connectivity index (χ0n) is 11.3. The zero-order chi connectivity index (χ0) is 14.4. The first-order valence-electron chi connectivity index (χ1n) is 6.91. The lowest BCUT2D eigenvalue weighted by atomic mass is 9.83. The van der Waals surface area contributed by atoms with Gasteiger partial charge in [0.25, 0.3) is 5.91 Å². The van der Waals surface area contributed by atoms with Crippen molar-refractivity contribution in [2.75, 3.05) is 0 Å². The summed E-state index contributed by atoms with van der Waals surface area (Å²) >= 11 is 0. The Morgan fingerprint density at radius 3 is 2.75 bits per heavy atom. The van der Waals surface area contributed by atoms with E-state index in [2.05, 4.69) is 15.5 Å². The number of pyridine rings is 1. The van der Waals surface area contributed by atoms with Crippen molar-refractivity contribution in [3.8, 4) is 0 Å². The minimum Gasteiger partial charge on any atom is -0.409 e. The van der Waals surface area contributed by atoms with Gasteiger partial charge in [-0.2, -0.15) is 0 Å². The third kappa shape index (κ3) is 3.46. The van der Waals surface area contributed by atoms with Crippen molar-refractivity contribution in [2.45, 2.75) is 38.1 Å². The van der Waals surface area contributed by atoms with Crippen LogP contribution in [0.15, 0.2) is 29.6 Å². The van der Waals surface area contributed by atoms with E-state index in [1.807, 2.05) is 0 Å². The predicted octanol–water partition coefficient (Wildman–Crippen LogP) is 1.51. The van der Waals surface area contributed by atoms with Crippen LogP contribution in [-0.4, -0.2) is 28.0 Å². The van der Waals surface area contributed by atoms with E-state index in [0.717, 1.165) is 25.7 Å². The van der Waals surface area contributed by atoms with Gasteiger partial charge in [-0.15, -0.1) is 0 Å². The molecule has 2 rings (SSSR count). The van der Waals surface area contributed by atoms with E-state index in [1.165, 1.54) is 6.42 Å². The molecule has 0 aliphatic heterocycles. The normalized spacial score (nSPS) is 18.5. The highest BCUT2D eigenvalue weighted by atomic mass is 16.4. The van der Waals surface area contributed by atoms with Crippen molar-refractivity contribution < 1.29 is 10.0 Å². The van der Waals surface area contributed by atoms with Gasteiger partial charge in [-0.3, -0.25) is 9.78 Å². The number of amides is 1. The van der Waals surface area contributed by atoms with Crippen LogP contribution >= 0.6 is 0 Å². The number of carbonyl (C=O) groups is 1. The quantitative estimate of drug-likeness (QED) is 0.336. The Balaban J connectivity index is 2.09. The smallest absolute Gasteiger partial charge is 0.270 e. The van der Waals surface area contributed by atoms with Crippen LogP contribution < -0.4 is 11.1 Å². The molecule has 6 heteroatoms. The third-order valence-electron chi connectivity index (χ3n) is 3.74. The first kappa shape index (κ1) is 14.3. The number of nitrogens with two attached hydrogens (primary N) is 1. The lowest BCUT2D eigenvalue weighted by Gasteiger charge is -2.29. The van der Waals surface area contributed by atoms with E-state index in [9.17, 15) is 4.79 Å². The first-order valence-corrected chi connectivity index (χ1v) is 6.91. The second kappa shape index (κ2) is 6.88. The summed E-state index contributed by atoms with van der Waals surface area (Å²) in [6.45, 7) is 0. The fraction of sp³-hybridized carbons (Fsp3) is 0.500. The molecular weight excluding hydrogens is 256 g/mol. The minimum absolute atomic E-state index is 0.0566. The van der Waals surface area contributed by atoms with Crippen molar-refractivity contribution >= 4 is 11.7 Å². The van der Waals surface area contributed by atoms with Gasteiger partial charge in [0.2, 0.25) is 0 Å². The predicted molar refractivity (Wildman–Crippen MR) is 75.5 cm³/mol. The fourth-order valence-electron chi connectivity index (χ4n) is 2.68. The maximum Gasteiger partial charge on any atom is 0.270 e. The number of amidine groups is 1. The largest absolute Gasteiger partial charge is 0.409 e. The topological polar surface area (TPSA) is 101 Å². The molecule has 1 aliphatic rings. The van der Waals surface area contributed by atoms with Crippen molar-refractivity contribution in [2.24, 2.45) is 16.8 Å². The summed E-state index contributed by atoms with van der Waals surface area (Å²) in [5.41, 5.74) is 6.07. The molecule has 0 aromatic carbocycles. The van der Waals surface area contributed by atoms with Gasteiger partial charge in [0, 0.05) is 6.20 Å². The van der Waals surface area contributed by atoms with Gasteiger partial charge in [-0.05, 0) is 30.9 Å². The molecule has 1 aromatic rings. The second-order valence-electron chi connectivity index (χ2n) is 5.09. The van der Waals surface area contributed by atoms with Crippen LogP contribution in [0.2, 0.25) is 0 Å². The Morgan fingerprint density at radius 2 is 2.15 bits per heavy atom. The lowest BCUT2D eigenvalue weighted by Crippen LogP contribution is -2.49. The average molecular weight is 276 g/mol. The molecule has 0 bridgehead atoms. The Hall–Kier alpha value is -2.11. The SMILES string of the molecule is N/C(=N\O)C(NC(=O)c1ccccn1)C1CCCCC1. The Kier molecular flexibility index (Phi) is 4.92. The van der Waals surface area contributed by atoms with Crippen LogP contribution in [0.4, 0.5) is 0 Å². The maximum absolute atomic E-state index is 12.2. The first-order chi connectivity index (χ1) is 9.72. The number of oxime groups is 1. The summed E-state index contributed by atoms with van der Waals surface area (Å²) in [6.07, 6.45) is 6.94. The number of aromatic nitrogens is 1. The molecule has 0 saturated heterocycles.